The number of ether oxygens (including phenoxy) is 1. The summed E-state index contributed by atoms with van der Waals surface area (Å²) in [7, 11) is 1.63. The largest absolute Gasteiger partial charge is 0.494 e. The van der Waals surface area contributed by atoms with Crippen molar-refractivity contribution >= 4 is 32.6 Å². The smallest absolute Gasteiger partial charge is 0.228 e. The van der Waals surface area contributed by atoms with Gasteiger partial charge in [0.15, 0.2) is 5.13 Å². The highest BCUT2D eigenvalue weighted by atomic mass is 32.1. The molecule has 0 spiro atoms. The number of aryl methyl sites for hydroxylation is 1. The molecule has 0 aliphatic carbocycles. The fourth-order valence-corrected chi connectivity index (χ4v) is 3.46. The lowest BCUT2D eigenvalue weighted by molar-refractivity contribution is -0.118. The first-order valence-electron chi connectivity index (χ1n) is 7.41. The summed E-state index contributed by atoms with van der Waals surface area (Å²) < 4.78 is 11.8. The molecule has 0 aliphatic rings. The lowest BCUT2D eigenvalue weighted by Crippen LogP contribution is -2.29. The number of benzene rings is 1. The van der Waals surface area contributed by atoms with Crippen molar-refractivity contribution in [1.82, 2.24) is 4.98 Å². The van der Waals surface area contributed by atoms with Crippen LogP contribution in [0.4, 0.5) is 5.13 Å². The van der Waals surface area contributed by atoms with Crippen molar-refractivity contribution in [3.63, 3.8) is 0 Å². The Morgan fingerprint density at radius 1 is 1.39 bits per heavy atom. The Balaban J connectivity index is 2.07. The van der Waals surface area contributed by atoms with Crippen LogP contribution in [0.25, 0.3) is 10.2 Å². The van der Waals surface area contributed by atoms with Crippen LogP contribution in [0, 0.1) is 6.92 Å². The van der Waals surface area contributed by atoms with E-state index in [0.717, 1.165) is 27.3 Å². The average Bonchev–Trinajstić information content (AvgIpc) is 3.22. The van der Waals surface area contributed by atoms with Gasteiger partial charge in [-0.25, -0.2) is 4.98 Å². The predicted molar refractivity (Wildman–Crippen MR) is 91.1 cm³/mol. The summed E-state index contributed by atoms with van der Waals surface area (Å²) in [5, 5.41) is 0.663. The quantitative estimate of drug-likeness (QED) is 0.705. The molecule has 2 aromatic heterocycles. The molecule has 6 heteroatoms. The molecule has 0 aliphatic heterocycles. The van der Waals surface area contributed by atoms with E-state index in [1.807, 2.05) is 38.1 Å². The highest BCUT2D eigenvalue weighted by Gasteiger charge is 2.21. The minimum absolute atomic E-state index is 0.0112. The van der Waals surface area contributed by atoms with Crippen LogP contribution in [0.15, 0.2) is 34.9 Å². The molecule has 3 rings (SSSR count). The van der Waals surface area contributed by atoms with Crippen molar-refractivity contribution in [2.75, 3.05) is 12.0 Å². The van der Waals surface area contributed by atoms with Crippen LogP contribution in [0.2, 0.25) is 0 Å². The Bertz CT molecular complexity index is 824. The highest BCUT2D eigenvalue weighted by molar-refractivity contribution is 7.22. The van der Waals surface area contributed by atoms with Crippen molar-refractivity contribution in [2.45, 2.75) is 26.8 Å². The fourth-order valence-electron chi connectivity index (χ4n) is 2.39. The van der Waals surface area contributed by atoms with E-state index in [4.69, 9.17) is 9.15 Å². The number of carbonyl (C=O) groups is 1. The third kappa shape index (κ3) is 2.94. The lowest BCUT2D eigenvalue weighted by atomic mass is 10.2. The van der Waals surface area contributed by atoms with Crippen molar-refractivity contribution in [1.29, 1.82) is 0 Å². The normalized spacial score (nSPS) is 10.9. The Kier molecular flexibility index (Phi) is 4.34. The maximum Gasteiger partial charge on any atom is 0.228 e. The molecule has 0 saturated carbocycles. The Morgan fingerprint density at radius 3 is 2.87 bits per heavy atom. The molecule has 0 fully saturated rings. The molecule has 5 nitrogen and oxygen atoms in total. The monoisotopic (exact) mass is 330 g/mol. The van der Waals surface area contributed by atoms with Crippen molar-refractivity contribution < 1.29 is 13.9 Å². The number of carbonyl (C=O) groups excluding carboxylic acids is 1. The standard InChI is InChI=1S/C17H18N2O3S/c1-4-14(20)19(10-12-6-5-9-22-12)17-18-15-13(21-3)8-7-11(2)16(15)23-17/h5-9H,4,10H2,1-3H3. The zero-order valence-corrected chi connectivity index (χ0v) is 14.1. The zero-order valence-electron chi connectivity index (χ0n) is 13.3. The minimum Gasteiger partial charge on any atom is -0.494 e. The van der Waals surface area contributed by atoms with E-state index in [1.165, 1.54) is 11.3 Å². The number of thiazole rings is 1. The molecule has 1 amide bonds. The summed E-state index contributed by atoms with van der Waals surface area (Å²) in [6.07, 6.45) is 2.02. The molecule has 0 atom stereocenters. The summed E-state index contributed by atoms with van der Waals surface area (Å²) in [5.41, 5.74) is 1.91. The van der Waals surface area contributed by atoms with Crippen LogP contribution in [0.3, 0.4) is 0 Å². The molecule has 0 unspecified atom stereocenters. The molecule has 2 heterocycles. The van der Waals surface area contributed by atoms with E-state index in [1.54, 1.807) is 18.3 Å². The Morgan fingerprint density at radius 2 is 2.22 bits per heavy atom. The molecule has 0 saturated heterocycles. The van der Waals surface area contributed by atoms with Gasteiger partial charge in [0.2, 0.25) is 5.91 Å². The number of amides is 1. The second-order valence-electron chi connectivity index (χ2n) is 5.17. The fraction of sp³-hybridized carbons (Fsp3) is 0.294. The van der Waals surface area contributed by atoms with Gasteiger partial charge in [-0.2, -0.15) is 0 Å². The number of anilines is 1. The lowest BCUT2D eigenvalue weighted by Gasteiger charge is -2.17. The second kappa shape index (κ2) is 6.42. The molecular weight excluding hydrogens is 312 g/mol. The van der Waals surface area contributed by atoms with Crippen LogP contribution in [-0.2, 0) is 11.3 Å². The molecule has 0 N–H and O–H groups in total. The zero-order chi connectivity index (χ0) is 16.4. The van der Waals surface area contributed by atoms with Gasteiger partial charge in [0.1, 0.15) is 17.0 Å². The van der Waals surface area contributed by atoms with Crippen LogP contribution in [-0.4, -0.2) is 18.0 Å². The number of nitrogens with zero attached hydrogens (tertiary/aromatic N) is 2. The summed E-state index contributed by atoms with van der Waals surface area (Å²) in [4.78, 5) is 18.7. The predicted octanol–water partition coefficient (Wildman–Crippen LogP) is 4.15. The number of furan rings is 1. The first-order chi connectivity index (χ1) is 11.1. The van der Waals surface area contributed by atoms with Crippen molar-refractivity contribution in [3.05, 3.63) is 41.9 Å². The molecule has 3 aromatic rings. The first kappa shape index (κ1) is 15.6. The maximum atomic E-state index is 12.4. The third-order valence-electron chi connectivity index (χ3n) is 3.64. The van der Waals surface area contributed by atoms with Gasteiger partial charge >= 0.3 is 0 Å². The summed E-state index contributed by atoms with van der Waals surface area (Å²) in [6.45, 7) is 4.25. The average molecular weight is 330 g/mol. The molecule has 23 heavy (non-hydrogen) atoms. The molecule has 0 radical (unpaired) electrons. The van der Waals surface area contributed by atoms with Crippen LogP contribution in [0.5, 0.6) is 5.75 Å². The third-order valence-corrected chi connectivity index (χ3v) is 4.85. The number of hydrogen-bond acceptors (Lipinski definition) is 5. The van der Waals surface area contributed by atoms with Gasteiger partial charge < -0.3 is 9.15 Å². The maximum absolute atomic E-state index is 12.4. The number of hydrogen-bond donors (Lipinski definition) is 0. The summed E-state index contributed by atoms with van der Waals surface area (Å²) in [6, 6.07) is 7.58. The first-order valence-corrected chi connectivity index (χ1v) is 8.22. The highest BCUT2D eigenvalue weighted by Crippen LogP contribution is 2.37. The van der Waals surface area contributed by atoms with Gasteiger partial charge in [-0.05, 0) is 30.7 Å². The van der Waals surface area contributed by atoms with Crippen LogP contribution >= 0.6 is 11.3 Å². The SMILES string of the molecule is CCC(=O)N(Cc1ccco1)c1nc2c(OC)ccc(C)c2s1. The molecule has 0 bridgehead atoms. The van der Waals surface area contributed by atoms with Crippen LogP contribution in [0.1, 0.15) is 24.7 Å². The minimum atomic E-state index is 0.0112. The van der Waals surface area contributed by atoms with E-state index in [0.29, 0.717) is 18.1 Å². The van der Waals surface area contributed by atoms with Gasteiger partial charge in [-0.15, -0.1) is 0 Å². The van der Waals surface area contributed by atoms with E-state index < -0.39 is 0 Å². The summed E-state index contributed by atoms with van der Waals surface area (Å²) in [5.74, 6) is 1.46. The van der Waals surface area contributed by atoms with Gasteiger partial charge in [-0.3, -0.25) is 9.69 Å². The van der Waals surface area contributed by atoms with Gasteiger partial charge in [0.05, 0.1) is 24.6 Å². The van der Waals surface area contributed by atoms with E-state index >= 15 is 0 Å². The van der Waals surface area contributed by atoms with E-state index in [-0.39, 0.29) is 5.91 Å². The topological polar surface area (TPSA) is 55.6 Å². The van der Waals surface area contributed by atoms with Crippen molar-refractivity contribution in [3.8, 4) is 5.75 Å². The Hall–Kier alpha value is -2.34. The van der Waals surface area contributed by atoms with E-state index in [2.05, 4.69) is 4.98 Å². The number of fused-ring (bicyclic) bond motifs is 1. The van der Waals surface area contributed by atoms with Gasteiger partial charge in [0, 0.05) is 6.42 Å². The number of rotatable bonds is 5. The Labute approximate surface area is 138 Å². The molecular formula is C17H18N2O3S. The number of methoxy groups -OCH3 is 1. The number of aromatic nitrogens is 1. The van der Waals surface area contributed by atoms with Crippen LogP contribution < -0.4 is 9.64 Å². The van der Waals surface area contributed by atoms with Gasteiger partial charge in [-0.1, -0.05) is 24.3 Å². The second-order valence-corrected chi connectivity index (χ2v) is 6.15. The van der Waals surface area contributed by atoms with Gasteiger partial charge in [0.25, 0.3) is 0 Å². The van der Waals surface area contributed by atoms with Crippen molar-refractivity contribution in [2.24, 2.45) is 0 Å². The van der Waals surface area contributed by atoms with E-state index in [9.17, 15) is 4.79 Å². The molecule has 120 valence electrons. The molecule has 1 aromatic carbocycles. The summed E-state index contributed by atoms with van der Waals surface area (Å²) >= 11 is 1.50.